The molecule has 3 rings (SSSR count). The number of fused-ring (bicyclic) bond motifs is 1. The molecule has 3 heteroatoms. The lowest BCUT2D eigenvalue weighted by Crippen LogP contribution is -2.20. The highest BCUT2D eigenvalue weighted by Gasteiger charge is 2.25. The number of carbonyl (C=O) groups excluding carboxylic acids is 2. The molecule has 0 saturated carbocycles. The molecular weight excluding hydrogens is 262 g/mol. The summed E-state index contributed by atoms with van der Waals surface area (Å²) in [6.45, 7) is 3.97. The number of anilines is 1. The Morgan fingerprint density at radius 2 is 1.67 bits per heavy atom. The number of carbonyl (C=O) groups is 2. The number of hydrogen-bond donors (Lipinski definition) is 0. The van der Waals surface area contributed by atoms with E-state index in [4.69, 9.17) is 0 Å². The Balaban J connectivity index is 2.00. The predicted molar refractivity (Wildman–Crippen MR) is 82.9 cm³/mol. The minimum Gasteiger partial charge on any atom is -0.315 e. The van der Waals surface area contributed by atoms with E-state index in [1.54, 1.807) is 18.0 Å². The van der Waals surface area contributed by atoms with Crippen LogP contribution in [0.4, 0.5) is 5.69 Å². The highest BCUT2D eigenvalue weighted by atomic mass is 16.2. The first-order valence-corrected chi connectivity index (χ1v) is 6.98. The molecule has 0 aliphatic carbocycles. The van der Waals surface area contributed by atoms with E-state index in [2.05, 4.69) is 0 Å². The zero-order valence-electron chi connectivity index (χ0n) is 12.4. The van der Waals surface area contributed by atoms with E-state index in [1.807, 2.05) is 44.2 Å². The van der Waals surface area contributed by atoms with Crippen LogP contribution in [-0.4, -0.2) is 18.7 Å². The van der Waals surface area contributed by atoms with Crippen LogP contribution in [0.25, 0.3) is 0 Å². The first-order valence-electron chi connectivity index (χ1n) is 6.98. The van der Waals surface area contributed by atoms with Crippen LogP contribution in [0.15, 0.2) is 36.4 Å². The van der Waals surface area contributed by atoms with Crippen molar-refractivity contribution >= 4 is 17.4 Å². The molecule has 0 unspecified atom stereocenters. The third-order valence-electron chi connectivity index (χ3n) is 3.90. The second kappa shape index (κ2) is 4.85. The zero-order valence-corrected chi connectivity index (χ0v) is 12.4. The van der Waals surface area contributed by atoms with Gasteiger partial charge in [0.1, 0.15) is 0 Å². The minimum atomic E-state index is 0.00611. The fourth-order valence-corrected chi connectivity index (χ4v) is 2.88. The predicted octanol–water partition coefficient (Wildman–Crippen LogP) is 3.05. The van der Waals surface area contributed by atoms with Crippen LogP contribution in [-0.2, 0) is 11.2 Å². The number of amides is 1. The van der Waals surface area contributed by atoms with E-state index in [0.717, 1.165) is 22.4 Å². The molecule has 0 bridgehead atoms. The fourth-order valence-electron chi connectivity index (χ4n) is 2.88. The number of likely N-dealkylation sites (N-methyl/N-ethyl adjacent to an activating group) is 1. The second-order valence-electron chi connectivity index (χ2n) is 5.68. The standard InChI is InChI=1S/C18H17NO2/c1-11-6-12(2)8-15(7-11)18(21)13-4-5-16-14(9-13)10-17(20)19(16)3/h4-9H,10H2,1-3H3. The zero-order chi connectivity index (χ0) is 15.1. The van der Waals surface area contributed by atoms with Crippen LogP contribution < -0.4 is 4.90 Å². The van der Waals surface area contributed by atoms with Gasteiger partial charge >= 0.3 is 0 Å². The van der Waals surface area contributed by atoms with Crippen LogP contribution >= 0.6 is 0 Å². The van der Waals surface area contributed by atoms with Crippen LogP contribution in [0.2, 0.25) is 0 Å². The molecule has 0 saturated heterocycles. The summed E-state index contributed by atoms with van der Waals surface area (Å²) in [7, 11) is 1.76. The molecule has 1 amide bonds. The molecule has 0 atom stereocenters. The SMILES string of the molecule is Cc1cc(C)cc(C(=O)c2ccc3c(c2)CC(=O)N3C)c1. The number of nitrogens with zero attached hydrogens (tertiary/aromatic N) is 1. The topological polar surface area (TPSA) is 37.4 Å². The summed E-state index contributed by atoms with van der Waals surface area (Å²) < 4.78 is 0. The van der Waals surface area contributed by atoms with Crippen LogP contribution in [0.5, 0.6) is 0 Å². The van der Waals surface area contributed by atoms with Crippen molar-refractivity contribution in [2.24, 2.45) is 0 Å². The first kappa shape index (κ1) is 13.6. The van der Waals surface area contributed by atoms with Gasteiger partial charge in [-0.25, -0.2) is 0 Å². The van der Waals surface area contributed by atoms with Gasteiger partial charge in [-0.3, -0.25) is 9.59 Å². The summed E-state index contributed by atoms with van der Waals surface area (Å²) in [5.74, 6) is 0.0765. The number of hydrogen-bond acceptors (Lipinski definition) is 2. The van der Waals surface area contributed by atoms with Gasteiger partial charge in [-0.05, 0) is 49.7 Å². The van der Waals surface area contributed by atoms with Gasteiger partial charge in [0.25, 0.3) is 0 Å². The van der Waals surface area contributed by atoms with Gasteiger partial charge in [-0.2, -0.15) is 0 Å². The lowest BCUT2D eigenvalue weighted by atomic mass is 9.97. The Bertz CT molecular complexity index is 742. The maximum absolute atomic E-state index is 12.6. The summed E-state index contributed by atoms with van der Waals surface area (Å²) in [6.07, 6.45) is 0.375. The Hall–Kier alpha value is -2.42. The second-order valence-corrected chi connectivity index (χ2v) is 5.68. The van der Waals surface area contributed by atoms with E-state index in [-0.39, 0.29) is 11.7 Å². The van der Waals surface area contributed by atoms with Gasteiger partial charge in [0.05, 0.1) is 6.42 Å². The molecule has 1 heterocycles. The summed E-state index contributed by atoms with van der Waals surface area (Å²) in [5.41, 5.74) is 5.32. The quantitative estimate of drug-likeness (QED) is 0.792. The minimum absolute atomic E-state index is 0.00611. The van der Waals surface area contributed by atoms with Crippen LogP contribution in [0.1, 0.15) is 32.6 Å². The number of ketones is 1. The molecule has 0 spiro atoms. The van der Waals surface area contributed by atoms with Crippen molar-refractivity contribution in [1.29, 1.82) is 0 Å². The van der Waals surface area contributed by atoms with E-state index >= 15 is 0 Å². The Morgan fingerprint density at radius 3 is 2.33 bits per heavy atom. The third kappa shape index (κ3) is 2.35. The smallest absolute Gasteiger partial charge is 0.231 e. The molecule has 1 aliphatic heterocycles. The van der Waals surface area contributed by atoms with Crippen molar-refractivity contribution in [3.05, 3.63) is 64.2 Å². The average Bonchev–Trinajstić information content (AvgIpc) is 2.71. The average molecular weight is 279 g/mol. The van der Waals surface area contributed by atoms with Crippen molar-refractivity contribution in [2.45, 2.75) is 20.3 Å². The van der Waals surface area contributed by atoms with E-state index in [0.29, 0.717) is 17.5 Å². The van der Waals surface area contributed by atoms with Crippen LogP contribution in [0, 0.1) is 13.8 Å². The molecular formula is C18H17NO2. The Kier molecular flexibility index (Phi) is 3.13. The third-order valence-corrected chi connectivity index (χ3v) is 3.90. The summed E-state index contributed by atoms with van der Waals surface area (Å²) in [6, 6.07) is 11.4. The summed E-state index contributed by atoms with van der Waals surface area (Å²) in [5, 5.41) is 0. The van der Waals surface area contributed by atoms with Gasteiger partial charge in [-0.1, -0.05) is 17.2 Å². The van der Waals surface area contributed by atoms with Crippen molar-refractivity contribution in [3.8, 4) is 0 Å². The lowest BCUT2D eigenvalue weighted by Gasteiger charge is -2.10. The molecule has 2 aromatic rings. The van der Waals surface area contributed by atoms with Gasteiger partial charge < -0.3 is 4.90 Å². The molecule has 0 aromatic heterocycles. The maximum Gasteiger partial charge on any atom is 0.231 e. The largest absolute Gasteiger partial charge is 0.315 e. The molecule has 0 N–H and O–H groups in total. The molecule has 3 nitrogen and oxygen atoms in total. The van der Waals surface area contributed by atoms with Gasteiger partial charge in [0, 0.05) is 23.9 Å². The van der Waals surface area contributed by atoms with Crippen LogP contribution in [0.3, 0.4) is 0 Å². The molecule has 2 aromatic carbocycles. The molecule has 0 fully saturated rings. The molecule has 106 valence electrons. The van der Waals surface area contributed by atoms with Gasteiger partial charge in [0.15, 0.2) is 5.78 Å². The number of rotatable bonds is 2. The monoisotopic (exact) mass is 279 g/mol. The maximum atomic E-state index is 12.6. The van der Waals surface area contributed by atoms with E-state index in [1.165, 1.54) is 0 Å². The van der Waals surface area contributed by atoms with Crippen molar-refractivity contribution in [3.63, 3.8) is 0 Å². The van der Waals surface area contributed by atoms with Crippen molar-refractivity contribution in [2.75, 3.05) is 11.9 Å². The number of aryl methyl sites for hydroxylation is 2. The fraction of sp³-hybridized carbons (Fsp3) is 0.222. The summed E-state index contributed by atoms with van der Waals surface area (Å²) in [4.78, 5) is 26.0. The molecule has 21 heavy (non-hydrogen) atoms. The number of benzene rings is 2. The molecule has 1 aliphatic rings. The van der Waals surface area contributed by atoms with Gasteiger partial charge in [-0.15, -0.1) is 0 Å². The highest BCUT2D eigenvalue weighted by Crippen LogP contribution is 2.29. The van der Waals surface area contributed by atoms with E-state index < -0.39 is 0 Å². The molecule has 0 radical (unpaired) electrons. The normalized spacial score (nSPS) is 13.5. The highest BCUT2D eigenvalue weighted by molar-refractivity contribution is 6.10. The van der Waals surface area contributed by atoms with Crippen molar-refractivity contribution in [1.82, 2.24) is 0 Å². The van der Waals surface area contributed by atoms with Crippen molar-refractivity contribution < 1.29 is 9.59 Å². The first-order chi connectivity index (χ1) is 9.95. The Labute approximate surface area is 124 Å². The van der Waals surface area contributed by atoms with E-state index in [9.17, 15) is 9.59 Å². The Morgan fingerprint density at radius 1 is 1.00 bits per heavy atom. The summed E-state index contributed by atoms with van der Waals surface area (Å²) >= 11 is 0. The van der Waals surface area contributed by atoms with Gasteiger partial charge in [0.2, 0.25) is 5.91 Å². The lowest BCUT2D eigenvalue weighted by molar-refractivity contribution is -0.117.